The summed E-state index contributed by atoms with van der Waals surface area (Å²) in [5.41, 5.74) is 4.44. The van der Waals surface area contributed by atoms with Crippen LogP contribution >= 0.6 is 0 Å². The molecule has 0 heterocycles. The Hall–Kier alpha value is -0.786. The van der Waals surface area contributed by atoms with Gasteiger partial charge >= 0.3 is 113 Å². The Morgan fingerprint density at radius 1 is 1.00 bits per heavy atom. The first-order chi connectivity index (χ1) is 8.11. The summed E-state index contributed by atoms with van der Waals surface area (Å²) in [5, 5.41) is 0. The fourth-order valence-corrected chi connectivity index (χ4v) is 3.85. The molecule has 0 saturated carbocycles. The van der Waals surface area contributed by atoms with E-state index in [-0.39, 0.29) is 0 Å². The van der Waals surface area contributed by atoms with Crippen LogP contribution in [0.25, 0.3) is 0 Å². The second-order valence-corrected chi connectivity index (χ2v) is 6.06. The van der Waals surface area contributed by atoms with Crippen LogP contribution in [0.2, 0.25) is 0 Å². The molecule has 0 N–H and O–H groups in total. The fourth-order valence-electron chi connectivity index (χ4n) is 2.13. The molecule has 17 heavy (non-hydrogen) atoms. The normalized spacial score (nSPS) is 19.9. The van der Waals surface area contributed by atoms with Crippen molar-refractivity contribution < 1.29 is 22.9 Å². The van der Waals surface area contributed by atoms with Crippen LogP contribution in [0.5, 0.6) is 5.75 Å². The predicted octanol–water partition coefficient (Wildman–Crippen LogP) is 4.32. The summed E-state index contributed by atoms with van der Waals surface area (Å²) >= 11 is -0.498. The molecule has 1 aromatic rings. The average molecular weight is 262 g/mol. The minimum atomic E-state index is -0.498. The van der Waals surface area contributed by atoms with E-state index >= 15 is 0 Å². The van der Waals surface area contributed by atoms with Crippen LogP contribution in [-0.2, 0) is 19.5 Å². The van der Waals surface area contributed by atoms with Crippen LogP contribution in [0.3, 0.4) is 0 Å². The molecule has 1 unspecified atom stereocenters. The number of allylic oxidation sites excluding steroid dienone is 4. The summed E-state index contributed by atoms with van der Waals surface area (Å²) in [6, 6.07) is 10.1. The van der Waals surface area contributed by atoms with E-state index in [0.29, 0.717) is 5.92 Å². The van der Waals surface area contributed by atoms with Gasteiger partial charge in [-0.25, -0.2) is 0 Å². The van der Waals surface area contributed by atoms with Crippen molar-refractivity contribution in [2.45, 2.75) is 27.7 Å². The van der Waals surface area contributed by atoms with Crippen molar-refractivity contribution in [1.82, 2.24) is 0 Å². The molecule has 1 aliphatic rings. The molecule has 1 aliphatic carbocycles. The van der Waals surface area contributed by atoms with Crippen LogP contribution in [-0.4, -0.2) is 0 Å². The molecule has 0 radical (unpaired) electrons. The molecule has 0 bridgehead atoms. The van der Waals surface area contributed by atoms with Gasteiger partial charge in [0.15, 0.2) is 0 Å². The van der Waals surface area contributed by atoms with Crippen LogP contribution in [0.15, 0.2) is 50.9 Å². The van der Waals surface area contributed by atoms with Gasteiger partial charge in [0, 0.05) is 0 Å². The van der Waals surface area contributed by atoms with Gasteiger partial charge in [0.2, 0.25) is 0 Å². The predicted molar refractivity (Wildman–Crippen MR) is 67.3 cm³/mol. The van der Waals surface area contributed by atoms with Gasteiger partial charge < -0.3 is 0 Å². The van der Waals surface area contributed by atoms with E-state index in [0.717, 1.165) is 5.75 Å². The topological polar surface area (TPSA) is 9.23 Å². The number of hydrogen-bond acceptors (Lipinski definition) is 1. The Morgan fingerprint density at radius 3 is 2.18 bits per heavy atom. The van der Waals surface area contributed by atoms with E-state index < -0.39 is 19.5 Å². The number of para-hydroxylation sites is 1. The molecule has 2 heteroatoms. The van der Waals surface area contributed by atoms with E-state index in [1.54, 1.807) is 3.88 Å². The fraction of sp³-hybridized carbons (Fsp3) is 0.333. The van der Waals surface area contributed by atoms with Gasteiger partial charge in [0.25, 0.3) is 0 Å². The average Bonchev–Trinajstić information content (AvgIpc) is 2.54. The van der Waals surface area contributed by atoms with Crippen LogP contribution in [0.4, 0.5) is 0 Å². The Bertz CT molecular complexity index is 471. The number of rotatable bonds is 3. The van der Waals surface area contributed by atoms with Crippen LogP contribution < -0.4 is 3.32 Å². The Labute approximate surface area is 113 Å². The standard InChI is InChI=1S/C9H13.C6H6O.Ti/c1-6-5-7(2)9(4)8(6)3;7-6-4-2-1-3-5-6;/h6H,1-4H3;1-5,7H;/q;;+1/p-1. The Kier molecular flexibility index (Phi) is 3.91. The molecular formula is C15H18OTi. The Balaban J connectivity index is 2.07. The summed E-state index contributed by atoms with van der Waals surface area (Å²) in [6.45, 7) is 8.99. The quantitative estimate of drug-likeness (QED) is 0.737. The summed E-state index contributed by atoms with van der Waals surface area (Å²) in [4.78, 5) is 0. The third-order valence-electron chi connectivity index (χ3n) is 3.66. The molecule has 0 aromatic heterocycles. The van der Waals surface area contributed by atoms with Gasteiger partial charge in [0.1, 0.15) is 0 Å². The molecule has 0 spiro atoms. The second kappa shape index (κ2) is 5.24. The molecular weight excluding hydrogens is 244 g/mol. The van der Waals surface area contributed by atoms with Gasteiger partial charge in [-0.15, -0.1) is 0 Å². The molecule has 88 valence electrons. The number of hydrogen-bond donors (Lipinski definition) is 0. The van der Waals surface area contributed by atoms with Crippen molar-refractivity contribution >= 4 is 0 Å². The monoisotopic (exact) mass is 262 g/mol. The summed E-state index contributed by atoms with van der Waals surface area (Å²) in [5.74, 6) is 1.58. The first-order valence-corrected chi connectivity index (χ1v) is 7.39. The van der Waals surface area contributed by atoms with Crippen LogP contribution in [0, 0.1) is 5.92 Å². The van der Waals surface area contributed by atoms with Crippen molar-refractivity contribution in [2.24, 2.45) is 5.92 Å². The molecule has 0 saturated heterocycles. The summed E-state index contributed by atoms with van der Waals surface area (Å²) in [7, 11) is 0. The van der Waals surface area contributed by atoms with Crippen molar-refractivity contribution in [3.05, 3.63) is 50.9 Å². The first kappa shape index (κ1) is 12.7. The van der Waals surface area contributed by atoms with Crippen molar-refractivity contribution in [1.29, 1.82) is 0 Å². The van der Waals surface area contributed by atoms with Gasteiger partial charge in [-0.2, -0.15) is 0 Å². The van der Waals surface area contributed by atoms with Crippen molar-refractivity contribution in [3.8, 4) is 5.75 Å². The molecule has 0 amide bonds. The number of benzene rings is 1. The molecule has 1 aromatic carbocycles. The van der Waals surface area contributed by atoms with Gasteiger partial charge in [-0.3, -0.25) is 0 Å². The van der Waals surface area contributed by atoms with Gasteiger partial charge in [-0.1, -0.05) is 0 Å². The maximum absolute atomic E-state index is 5.97. The van der Waals surface area contributed by atoms with E-state index in [1.165, 1.54) is 16.7 Å². The van der Waals surface area contributed by atoms with E-state index in [4.69, 9.17) is 3.32 Å². The van der Waals surface area contributed by atoms with Gasteiger partial charge in [-0.05, 0) is 0 Å². The second-order valence-electron chi connectivity index (χ2n) is 4.59. The van der Waals surface area contributed by atoms with Gasteiger partial charge in [0.05, 0.1) is 0 Å². The summed E-state index contributed by atoms with van der Waals surface area (Å²) < 4.78 is 7.51. The first-order valence-electron chi connectivity index (χ1n) is 5.97. The third kappa shape index (κ3) is 2.56. The molecule has 1 atom stereocenters. The molecule has 2 rings (SSSR count). The zero-order valence-corrected chi connectivity index (χ0v) is 12.4. The van der Waals surface area contributed by atoms with Crippen molar-refractivity contribution in [2.75, 3.05) is 0 Å². The van der Waals surface area contributed by atoms with E-state index in [1.807, 2.05) is 30.3 Å². The zero-order chi connectivity index (χ0) is 12.4. The van der Waals surface area contributed by atoms with Crippen molar-refractivity contribution in [3.63, 3.8) is 0 Å². The SMILES string of the molecule is CC1=C(C)C(C)[C]([Ti][O]c2ccccc2)=C1C. The zero-order valence-electron chi connectivity index (χ0n) is 10.9. The Morgan fingerprint density at radius 2 is 1.65 bits per heavy atom. The molecule has 1 nitrogen and oxygen atoms in total. The minimum absolute atomic E-state index is 0.498. The van der Waals surface area contributed by atoms with E-state index in [9.17, 15) is 0 Å². The van der Waals surface area contributed by atoms with E-state index in [2.05, 4.69) is 27.7 Å². The summed E-state index contributed by atoms with van der Waals surface area (Å²) in [6.07, 6.45) is 0. The maximum atomic E-state index is 5.97. The molecule has 0 aliphatic heterocycles. The van der Waals surface area contributed by atoms with Crippen LogP contribution in [0.1, 0.15) is 27.7 Å². The molecule has 0 fully saturated rings. The third-order valence-corrected chi connectivity index (χ3v) is 5.80.